The molecule has 2 rings (SSSR count). The Kier molecular flexibility index (Phi) is 5.38. The van der Waals surface area contributed by atoms with Gasteiger partial charge < -0.3 is 10.1 Å². The van der Waals surface area contributed by atoms with Gasteiger partial charge in [0.2, 0.25) is 0 Å². The maximum Gasteiger partial charge on any atom is 0.255 e. The SMILES string of the molecule is COc1ccc(C(=O)Nc2c(Cl)cc(Cl)cc2Cl)cc1Br. The first-order valence-corrected chi connectivity index (χ1v) is 7.64. The Balaban J connectivity index is 2.28. The normalized spacial score (nSPS) is 10.3. The van der Waals surface area contributed by atoms with E-state index in [2.05, 4.69) is 21.2 Å². The smallest absolute Gasteiger partial charge is 0.255 e. The average molecular weight is 409 g/mol. The van der Waals surface area contributed by atoms with Crippen molar-refractivity contribution in [2.75, 3.05) is 12.4 Å². The second-order valence-electron chi connectivity index (χ2n) is 4.05. The van der Waals surface area contributed by atoms with Crippen LogP contribution in [0.25, 0.3) is 0 Å². The molecule has 110 valence electrons. The van der Waals surface area contributed by atoms with Crippen molar-refractivity contribution < 1.29 is 9.53 Å². The first kappa shape index (κ1) is 16.4. The zero-order chi connectivity index (χ0) is 15.6. The minimum Gasteiger partial charge on any atom is -0.496 e. The highest BCUT2D eigenvalue weighted by atomic mass is 79.9. The van der Waals surface area contributed by atoms with E-state index in [1.807, 2.05) is 0 Å². The predicted octanol–water partition coefficient (Wildman–Crippen LogP) is 5.67. The molecule has 3 nitrogen and oxygen atoms in total. The number of ether oxygens (including phenoxy) is 1. The number of carbonyl (C=O) groups is 1. The maximum absolute atomic E-state index is 12.2. The van der Waals surface area contributed by atoms with Crippen LogP contribution in [0.15, 0.2) is 34.8 Å². The van der Waals surface area contributed by atoms with Crippen LogP contribution in [0.2, 0.25) is 15.1 Å². The Morgan fingerprint density at radius 3 is 2.29 bits per heavy atom. The lowest BCUT2D eigenvalue weighted by Crippen LogP contribution is -2.12. The van der Waals surface area contributed by atoms with Gasteiger partial charge in [-0.3, -0.25) is 4.79 Å². The van der Waals surface area contributed by atoms with E-state index in [4.69, 9.17) is 39.5 Å². The van der Waals surface area contributed by atoms with Crippen LogP contribution >= 0.6 is 50.7 Å². The van der Waals surface area contributed by atoms with E-state index in [0.717, 1.165) is 0 Å². The Hall–Kier alpha value is -0.940. The van der Waals surface area contributed by atoms with E-state index in [1.165, 1.54) is 12.1 Å². The van der Waals surface area contributed by atoms with Gasteiger partial charge in [0.25, 0.3) is 5.91 Å². The lowest BCUT2D eigenvalue weighted by atomic mass is 10.2. The molecule has 0 saturated heterocycles. The lowest BCUT2D eigenvalue weighted by molar-refractivity contribution is 0.102. The molecule has 0 aliphatic heterocycles. The number of rotatable bonds is 3. The van der Waals surface area contributed by atoms with Crippen LogP contribution in [0, 0.1) is 0 Å². The number of hydrogen-bond acceptors (Lipinski definition) is 2. The van der Waals surface area contributed by atoms with E-state index in [1.54, 1.807) is 25.3 Å². The van der Waals surface area contributed by atoms with E-state index in [0.29, 0.717) is 26.5 Å². The summed E-state index contributed by atoms with van der Waals surface area (Å²) in [5.41, 5.74) is 0.754. The third-order valence-electron chi connectivity index (χ3n) is 2.66. The fourth-order valence-electron chi connectivity index (χ4n) is 1.65. The first-order chi connectivity index (χ1) is 9.92. The molecule has 0 fully saturated rings. The van der Waals surface area contributed by atoms with Crippen LogP contribution in [0.3, 0.4) is 0 Å². The molecule has 2 aromatic rings. The summed E-state index contributed by atoms with van der Waals surface area (Å²) >= 11 is 21.2. The molecule has 0 radical (unpaired) electrons. The van der Waals surface area contributed by atoms with E-state index in [-0.39, 0.29) is 16.0 Å². The topological polar surface area (TPSA) is 38.3 Å². The molecule has 2 aromatic carbocycles. The average Bonchev–Trinajstić information content (AvgIpc) is 2.42. The molecule has 0 aliphatic rings. The Labute approximate surface area is 145 Å². The predicted molar refractivity (Wildman–Crippen MR) is 90.1 cm³/mol. The number of carbonyl (C=O) groups excluding carboxylic acids is 1. The molecule has 0 unspecified atom stereocenters. The van der Waals surface area contributed by atoms with Gasteiger partial charge in [0.1, 0.15) is 5.75 Å². The highest BCUT2D eigenvalue weighted by Crippen LogP contribution is 2.34. The quantitative estimate of drug-likeness (QED) is 0.709. The molecule has 21 heavy (non-hydrogen) atoms. The number of amides is 1. The van der Waals surface area contributed by atoms with E-state index in [9.17, 15) is 4.79 Å². The van der Waals surface area contributed by atoms with Crippen LogP contribution in [0.4, 0.5) is 5.69 Å². The van der Waals surface area contributed by atoms with Gasteiger partial charge in [0.05, 0.1) is 27.3 Å². The molecule has 0 heterocycles. The summed E-state index contributed by atoms with van der Waals surface area (Å²) in [5, 5.41) is 3.61. The standard InChI is InChI=1S/C14H9BrCl3NO2/c1-21-12-3-2-7(4-9(12)15)14(20)19-13-10(17)5-8(16)6-11(13)18/h2-6H,1H3,(H,19,20). The number of methoxy groups -OCH3 is 1. The van der Waals surface area contributed by atoms with Crippen LogP contribution < -0.4 is 10.1 Å². The van der Waals surface area contributed by atoms with Gasteiger partial charge in [0, 0.05) is 10.6 Å². The molecule has 0 aromatic heterocycles. The molecule has 0 bridgehead atoms. The minimum atomic E-state index is -0.343. The van der Waals surface area contributed by atoms with E-state index >= 15 is 0 Å². The largest absolute Gasteiger partial charge is 0.496 e. The van der Waals surface area contributed by atoms with Crippen LogP contribution in [0.1, 0.15) is 10.4 Å². The summed E-state index contributed by atoms with van der Waals surface area (Å²) in [4.78, 5) is 12.2. The van der Waals surface area contributed by atoms with Crippen LogP contribution in [0.5, 0.6) is 5.75 Å². The number of anilines is 1. The number of benzene rings is 2. The Morgan fingerprint density at radius 2 is 1.76 bits per heavy atom. The van der Waals surface area contributed by atoms with Crippen molar-refractivity contribution in [1.29, 1.82) is 0 Å². The molecule has 0 atom stereocenters. The van der Waals surface area contributed by atoms with Gasteiger partial charge >= 0.3 is 0 Å². The monoisotopic (exact) mass is 407 g/mol. The molecule has 0 saturated carbocycles. The Bertz CT molecular complexity index is 684. The summed E-state index contributed by atoms with van der Waals surface area (Å²) in [6.45, 7) is 0. The van der Waals surface area contributed by atoms with Crippen molar-refractivity contribution >= 4 is 62.3 Å². The summed E-state index contributed by atoms with van der Waals surface area (Å²) in [6, 6.07) is 7.98. The molecule has 0 aliphatic carbocycles. The lowest BCUT2D eigenvalue weighted by Gasteiger charge is -2.11. The van der Waals surface area contributed by atoms with Gasteiger partial charge in [-0.1, -0.05) is 34.8 Å². The second-order valence-corrected chi connectivity index (χ2v) is 6.15. The molecule has 1 N–H and O–H groups in total. The van der Waals surface area contributed by atoms with Crippen molar-refractivity contribution in [3.05, 3.63) is 55.4 Å². The fourth-order valence-corrected chi connectivity index (χ4v) is 3.11. The highest BCUT2D eigenvalue weighted by Gasteiger charge is 2.14. The molecule has 1 amide bonds. The second kappa shape index (κ2) is 6.88. The van der Waals surface area contributed by atoms with Crippen molar-refractivity contribution in [2.24, 2.45) is 0 Å². The third kappa shape index (κ3) is 3.83. The Morgan fingerprint density at radius 1 is 1.14 bits per heavy atom. The van der Waals surface area contributed by atoms with Crippen LogP contribution in [-0.4, -0.2) is 13.0 Å². The molecular formula is C14H9BrCl3NO2. The van der Waals surface area contributed by atoms with Crippen molar-refractivity contribution in [2.45, 2.75) is 0 Å². The van der Waals surface area contributed by atoms with Gasteiger partial charge in [-0.25, -0.2) is 0 Å². The minimum absolute atomic E-state index is 0.272. The van der Waals surface area contributed by atoms with Gasteiger partial charge in [0.15, 0.2) is 0 Å². The zero-order valence-corrected chi connectivity index (χ0v) is 14.6. The van der Waals surface area contributed by atoms with Crippen LogP contribution in [-0.2, 0) is 0 Å². The number of hydrogen-bond donors (Lipinski definition) is 1. The number of nitrogens with one attached hydrogen (secondary N) is 1. The van der Waals surface area contributed by atoms with E-state index < -0.39 is 0 Å². The fraction of sp³-hybridized carbons (Fsp3) is 0.0714. The van der Waals surface area contributed by atoms with Gasteiger partial charge in [-0.2, -0.15) is 0 Å². The zero-order valence-electron chi connectivity index (χ0n) is 10.7. The maximum atomic E-state index is 12.2. The third-order valence-corrected chi connectivity index (χ3v) is 4.09. The molecular weight excluding hydrogens is 400 g/mol. The van der Waals surface area contributed by atoms with Crippen molar-refractivity contribution in [1.82, 2.24) is 0 Å². The van der Waals surface area contributed by atoms with Crippen molar-refractivity contribution in [3.63, 3.8) is 0 Å². The summed E-state index contributed by atoms with van der Waals surface area (Å²) in [6.07, 6.45) is 0. The summed E-state index contributed by atoms with van der Waals surface area (Å²) < 4.78 is 5.79. The molecule has 0 spiro atoms. The highest BCUT2D eigenvalue weighted by molar-refractivity contribution is 9.10. The molecule has 7 heteroatoms. The first-order valence-electron chi connectivity index (χ1n) is 5.72. The number of halogens is 4. The van der Waals surface area contributed by atoms with Gasteiger partial charge in [-0.15, -0.1) is 0 Å². The van der Waals surface area contributed by atoms with Gasteiger partial charge in [-0.05, 0) is 46.3 Å². The summed E-state index contributed by atoms with van der Waals surface area (Å²) in [5.74, 6) is 0.290. The van der Waals surface area contributed by atoms with Crippen molar-refractivity contribution in [3.8, 4) is 5.75 Å². The summed E-state index contributed by atoms with van der Waals surface area (Å²) in [7, 11) is 1.55.